The first kappa shape index (κ1) is 20.3. The van der Waals surface area contributed by atoms with Crippen LogP contribution in [-0.2, 0) is 20.9 Å². The molecule has 5 heteroatoms. The lowest BCUT2D eigenvalue weighted by Gasteiger charge is -2.62. The molecule has 0 saturated carbocycles. The van der Waals surface area contributed by atoms with E-state index in [0.717, 1.165) is 11.1 Å². The molecule has 30 heavy (non-hydrogen) atoms. The summed E-state index contributed by atoms with van der Waals surface area (Å²) in [6.45, 7) is 0.601. The summed E-state index contributed by atoms with van der Waals surface area (Å²) in [5.74, 6) is -0.529. The van der Waals surface area contributed by atoms with E-state index in [1.165, 1.54) is 7.11 Å². The van der Waals surface area contributed by atoms with Crippen LogP contribution < -0.4 is 0 Å². The molecular weight excluding hydrogens is 378 g/mol. The number of hydrogen-bond acceptors (Lipinski definition) is 4. The average molecular weight is 403 g/mol. The average Bonchev–Trinajstić information content (AvgIpc) is 2.78. The van der Waals surface area contributed by atoms with E-state index in [0.29, 0.717) is 12.2 Å². The quantitative estimate of drug-likeness (QED) is 0.330. The number of ether oxygens (including phenoxy) is 2. The third kappa shape index (κ3) is 3.87. The number of hydrogen-bond donors (Lipinski definition) is 0. The molecule has 4 atom stereocenters. The van der Waals surface area contributed by atoms with Crippen molar-refractivity contribution in [3.63, 3.8) is 0 Å². The van der Waals surface area contributed by atoms with Gasteiger partial charge in [0, 0.05) is 11.1 Å². The summed E-state index contributed by atoms with van der Waals surface area (Å²) >= 11 is 0. The number of carbonyl (C=O) groups is 1. The highest BCUT2D eigenvalue weighted by molar-refractivity contribution is 5.76. The van der Waals surface area contributed by atoms with Crippen LogP contribution >= 0.6 is 0 Å². The Morgan fingerprint density at radius 1 is 0.967 bits per heavy atom. The van der Waals surface area contributed by atoms with Crippen molar-refractivity contribution in [2.45, 2.75) is 24.8 Å². The third-order valence-corrected chi connectivity index (χ3v) is 5.71. The van der Waals surface area contributed by atoms with Crippen LogP contribution in [0.1, 0.15) is 28.8 Å². The van der Waals surface area contributed by atoms with E-state index in [4.69, 9.17) is 9.47 Å². The van der Waals surface area contributed by atoms with Crippen LogP contribution in [0.3, 0.4) is 0 Å². The minimum absolute atomic E-state index is 0.182. The van der Waals surface area contributed by atoms with Gasteiger partial charge in [0.25, 0.3) is 0 Å². The van der Waals surface area contributed by atoms with Gasteiger partial charge < -0.3 is 19.3 Å². The van der Waals surface area contributed by atoms with Gasteiger partial charge in [-0.05, 0) is 5.56 Å². The maximum atomic E-state index is 14.2. The molecule has 154 valence electrons. The lowest BCUT2D eigenvalue weighted by Crippen LogP contribution is -2.68. The number of nitrogens with zero attached hydrogens (tertiary/aromatic N) is 1. The lowest BCUT2D eigenvalue weighted by molar-refractivity contribution is -0.982. The van der Waals surface area contributed by atoms with E-state index in [1.54, 1.807) is 12.1 Å². The molecule has 0 N–H and O–H groups in total. The monoisotopic (exact) mass is 403 g/mol. The fraction of sp³-hybridized carbons (Fsp3) is 0.240. The van der Waals surface area contributed by atoms with Crippen molar-refractivity contribution in [2.24, 2.45) is 0 Å². The molecule has 0 spiro atoms. The molecule has 0 aromatic heterocycles. The van der Waals surface area contributed by atoms with Crippen molar-refractivity contribution in [3.8, 4) is 0 Å². The summed E-state index contributed by atoms with van der Waals surface area (Å²) < 4.78 is 10.5. The topological polar surface area (TPSA) is 58.6 Å². The van der Waals surface area contributed by atoms with Gasteiger partial charge in [0.2, 0.25) is 6.04 Å². The zero-order chi connectivity index (χ0) is 21.0. The smallest absolute Gasteiger partial charge is 0.370 e. The molecule has 1 aliphatic heterocycles. The van der Waals surface area contributed by atoms with Gasteiger partial charge >= 0.3 is 5.97 Å². The van der Waals surface area contributed by atoms with E-state index in [9.17, 15) is 10.0 Å². The van der Waals surface area contributed by atoms with E-state index < -0.39 is 22.7 Å². The zero-order valence-corrected chi connectivity index (χ0v) is 16.9. The molecule has 0 bridgehead atoms. The van der Waals surface area contributed by atoms with E-state index in [2.05, 4.69) is 0 Å². The highest BCUT2D eigenvalue weighted by Crippen LogP contribution is 2.50. The number of benzene rings is 3. The standard InChI is InChI=1S/C25H25NO4/c1-29-25(27)24(21-15-9-4-10-16-21)26(28)17-22(23(26)20-13-7-3-8-14-20)30-18-19-11-5-2-6-12-19/h2-16,22-24H,17-18H2,1H3. The maximum Gasteiger partial charge on any atom is 0.370 e. The third-order valence-electron chi connectivity index (χ3n) is 5.71. The molecule has 3 aromatic carbocycles. The highest BCUT2D eigenvalue weighted by Gasteiger charge is 2.57. The first-order valence-corrected chi connectivity index (χ1v) is 10.0. The number of hydroxylamine groups is 3. The normalized spacial score (nSPS) is 23.9. The van der Waals surface area contributed by atoms with Crippen molar-refractivity contribution in [1.29, 1.82) is 0 Å². The van der Waals surface area contributed by atoms with Crippen LogP contribution in [0.4, 0.5) is 0 Å². The predicted octanol–water partition coefficient (Wildman–Crippen LogP) is 4.56. The summed E-state index contributed by atoms with van der Waals surface area (Å²) in [4.78, 5) is 12.7. The Bertz CT molecular complexity index is 964. The van der Waals surface area contributed by atoms with Crippen molar-refractivity contribution >= 4 is 5.97 Å². The molecule has 1 heterocycles. The van der Waals surface area contributed by atoms with Gasteiger partial charge in [-0.3, -0.25) is 0 Å². The van der Waals surface area contributed by atoms with Crippen LogP contribution in [0.25, 0.3) is 0 Å². The van der Waals surface area contributed by atoms with Gasteiger partial charge in [0.05, 0.1) is 13.7 Å². The van der Waals surface area contributed by atoms with Gasteiger partial charge in [-0.1, -0.05) is 91.0 Å². The Morgan fingerprint density at radius 2 is 1.53 bits per heavy atom. The van der Waals surface area contributed by atoms with Crippen LogP contribution in [0.15, 0.2) is 91.0 Å². The summed E-state index contributed by atoms with van der Waals surface area (Å²) in [5, 5.41) is 14.2. The van der Waals surface area contributed by atoms with Crippen LogP contribution in [0, 0.1) is 5.21 Å². The Hall–Kier alpha value is -2.99. The van der Waals surface area contributed by atoms with Crippen molar-refractivity contribution in [3.05, 3.63) is 113 Å². The number of methoxy groups -OCH3 is 1. The molecule has 1 saturated heterocycles. The second-order valence-electron chi connectivity index (χ2n) is 7.56. The molecule has 0 radical (unpaired) electrons. The molecule has 5 nitrogen and oxygen atoms in total. The second-order valence-corrected chi connectivity index (χ2v) is 7.56. The minimum atomic E-state index is -0.960. The summed E-state index contributed by atoms with van der Waals surface area (Å²) in [6.07, 6.45) is -0.291. The summed E-state index contributed by atoms with van der Waals surface area (Å²) in [7, 11) is 1.32. The Labute approximate surface area is 176 Å². The van der Waals surface area contributed by atoms with E-state index in [-0.39, 0.29) is 12.6 Å². The molecule has 1 fully saturated rings. The summed E-state index contributed by atoms with van der Waals surface area (Å²) in [5.41, 5.74) is 2.57. The number of likely N-dealkylation sites (tertiary alicyclic amines) is 1. The van der Waals surface area contributed by atoms with Gasteiger partial charge in [0.15, 0.2) is 6.10 Å². The molecule has 0 amide bonds. The van der Waals surface area contributed by atoms with Crippen molar-refractivity contribution in [1.82, 2.24) is 0 Å². The molecule has 4 unspecified atom stereocenters. The van der Waals surface area contributed by atoms with E-state index in [1.807, 2.05) is 78.9 Å². The second kappa shape index (κ2) is 8.79. The first-order valence-electron chi connectivity index (χ1n) is 10.0. The first-order chi connectivity index (χ1) is 14.6. The number of esters is 1. The fourth-order valence-corrected chi connectivity index (χ4v) is 4.26. The van der Waals surface area contributed by atoms with Gasteiger partial charge in [-0.15, -0.1) is 0 Å². The SMILES string of the molecule is COC(=O)C(c1ccccc1)[N+]1([O-])CC(OCc2ccccc2)C1c1ccccc1. The minimum Gasteiger partial charge on any atom is -0.631 e. The highest BCUT2D eigenvalue weighted by atomic mass is 16.6. The molecule has 4 rings (SSSR count). The molecule has 3 aromatic rings. The maximum absolute atomic E-state index is 14.2. The van der Waals surface area contributed by atoms with Gasteiger partial charge in [-0.2, -0.15) is 0 Å². The van der Waals surface area contributed by atoms with Crippen LogP contribution in [-0.4, -0.2) is 30.4 Å². The van der Waals surface area contributed by atoms with Gasteiger partial charge in [0.1, 0.15) is 12.6 Å². The number of carbonyl (C=O) groups excluding carboxylic acids is 1. The Morgan fingerprint density at radius 3 is 2.13 bits per heavy atom. The van der Waals surface area contributed by atoms with E-state index >= 15 is 0 Å². The molecule has 1 aliphatic rings. The van der Waals surface area contributed by atoms with Crippen LogP contribution in [0.5, 0.6) is 0 Å². The Balaban J connectivity index is 1.66. The summed E-state index contributed by atoms with van der Waals surface area (Å²) in [6, 6.07) is 27.1. The zero-order valence-electron chi connectivity index (χ0n) is 16.9. The number of quaternary nitrogens is 1. The molecular formula is C25H25NO4. The molecule has 0 aliphatic carbocycles. The van der Waals surface area contributed by atoms with Gasteiger partial charge in [-0.25, -0.2) is 4.79 Å². The fourth-order valence-electron chi connectivity index (χ4n) is 4.26. The largest absolute Gasteiger partial charge is 0.631 e. The van der Waals surface area contributed by atoms with Crippen LogP contribution in [0.2, 0.25) is 0 Å². The Kier molecular flexibility index (Phi) is 5.95. The predicted molar refractivity (Wildman–Crippen MR) is 114 cm³/mol. The number of rotatable bonds is 7. The van der Waals surface area contributed by atoms with Crippen molar-refractivity contribution < 1.29 is 18.9 Å². The lowest BCUT2D eigenvalue weighted by atomic mass is 9.86. The van der Waals surface area contributed by atoms with Crippen molar-refractivity contribution in [2.75, 3.05) is 13.7 Å².